The first kappa shape index (κ1) is 16.6. The fraction of sp³-hybridized carbons (Fsp3) is 0. The van der Waals surface area contributed by atoms with Crippen LogP contribution in [0.5, 0.6) is 0 Å². The van der Waals surface area contributed by atoms with Crippen LogP contribution in [0.2, 0.25) is 0 Å². The molecule has 0 saturated carbocycles. The summed E-state index contributed by atoms with van der Waals surface area (Å²) in [7, 11) is 0. The molecule has 0 spiro atoms. The second kappa shape index (κ2) is 10.7. The summed E-state index contributed by atoms with van der Waals surface area (Å²) in [5.74, 6) is -1.15. The Hall–Kier alpha value is -7.05. The van der Waals surface area contributed by atoms with Crippen LogP contribution in [0.15, 0.2) is 168 Å². The van der Waals surface area contributed by atoms with E-state index in [1.807, 2.05) is 42.5 Å². The van der Waals surface area contributed by atoms with Crippen molar-refractivity contribution < 1.29 is 26.3 Å². The third-order valence-electron chi connectivity index (χ3n) is 8.93. The maximum Gasteiger partial charge on any atom is 0.240 e. The van der Waals surface area contributed by atoms with Crippen molar-refractivity contribution in [2.45, 2.75) is 0 Å². The van der Waals surface area contributed by atoms with Gasteiger partial charge >= 0.3 is 0 Å². The fourth-order valence-corrected chi connectivity index (χ4v) is 6.83. The molecule has 238 valence electrons. The fourth-order valence-electron chi connectivity index (χ4n) is 6.83. The first-order valence-corrected chi connectivity index (χ1v) is 15.7. The number of aromatic nitrogens is 5. The summed E-state index contributed by atoms with van der Waals surface area (Å²) in [6.45, 7) is 0. The molecule has 0 bridgehead atoms. The van der Waals surface area contributed by atoms with Crippen LogP contribution in [-0.4, -0.2) is 24.1 Å². The summed E-state index contributed by atoms with van der Waals surface area (Å²) in [5.41, 5.74) is 1.44. The van der Waals surface area contributed by atoms with Gasteiger partial charge in [0.1, 0.15) is 11.2 Å². The number of benzene rings is 7. The average Bonchev–Trinajstić information content (AvgIpc) is 4.03. The Morgan fingerprint density at radius 3 is 1.35 bits per heavy atom. The first-order chi connectivity index (χ1) is 32.0. The van der Waals surface area contributed by atoms with Crippen LogP contribution in [0.1, 0.15) is 21.9 Å². The molecule has 0 amide bonds. The van der Waals surface area contributed by atoms with E-state index >= 15 is 0 Å². The van der Waals surface area contributed by atoms with Gasteiger partial charge in [-0.3, -0.25) is 9.13 Å². The van der Waals surface area contributed by atoms with Gasteiger partial charge in [0.25, 0.3) is 0 Å². The molecular formula is C45H27N5O. The Morgan fingerprint density at radius 1 is 0.431 bits per heavy atom. The Labute approximate surface area is 314 Å². The maximum atomic E-state index is 9.21. The van der Waals surface area contributed by atoms with E-state index in [0.29, 0.717) is 27.5 Å². The molecule has 0 N–H and O–H groups in total. The summed E-state index contributed by atoms with van der Waals surface area (Å²) in [4.78, 5) is 14.6. The number of fused-ring (bicyclic) bond motifs is 9. The van der Waals surface area contributed by atoms with Gasteiger partial charge in [-0.05, 0) is 47.4 Å². The molecule has 51 heavy (non-hydrogen) atoms. The Kier molecular flexibility index (Phi) is 3.48. The van der Waals surface area contributed by atoms with Crippen LogP contribution >= 0.6 is 0 Å². The molecule has 0 aliphatic heterocycles. The Morgan fingerprint density at radius 2 is 0.863 bits per heavy atom. The molecule has 4 aromatic heterocycles. The van der Waals surface area contributed by atoms with Crippen molar-refractivity contribution in [2.24, 2.45) is 0 Å². The molecule has 0 saturated heterocycles. The Balaban J connectivity index is 1.40. The maximum absolute atomic E-state index is 9.21. The van der Waals surface area contributed by atoms with Crippen LogP contribution in [0.3, 0.4) is 0 Å². The summed E-state index contributed by atoms with van der Waals surface area (Å²) >= 11 is 0. The zero-order chi connectivity index (χ0) is 47.4. The lowest BCUT2D eigenvalue weighted by atomic mass is 9.97. The third-order valence-corrected chi connectivity index (χ3v) is 8.93. The minimum absolute atomic E-state index is 0.176. The molecule has 0 radical (unpaired) electrons. The van der Waals surface area contributed by atoms with E-state index in [2.05, 4.69) is 0 Å². The molecule has 0 atom stereocenters. The van der Waals surface area contributed by atoms with Crippen LogP contribution < -0.4 is 0 Å². The van der Waals surface area contributed by atoms with Gasteiger partial charge in [0, 0.05) is 37.9 Å². The van der Waals surface area contributed by atoms with E-state index in [-0.39, 0.29) is 49.4 Å². The largest absolute Gasteiger partial charge is 0.456 e. The molecule has 0 unspecified atom stereocenters. The van der Waals surface area contributed by atoms with Crippen molar-refractivity contribution in [1.29, 1.82) is 0 Å². The van der Waals surface area contributed by atoms with E-state index in [1.54, 1.807) is 24.3 Å². The molecule has 7 aromatic carbocycles. The SMILES string of the molecule is [2H]c1c([2H])c([2H])c2c(c1[2H])c1c([2H])c([2H])c([2H])c([2H])c1n2-c1nc(-c2cccc3oc4cccc(-c5ccccc5)c4c23)nc(-n2c3c([2H])c([2H])c([2H])c([2H])c3c3c([2H])c([2H])c([2H])c([2H])c32)n1. The van der Waals surface area contributed by atoms with Crippen molar-refractivity contribution in [3.63, 3.8) is 0 Å². The summed E-state index contributed by atoms with van der Waals surface area (Å²) in [5, 5.41) is 0.0540. The number of hydrogen-bond acceptors (Lipinski definition) is 4. The standard InChI is InChI=1S/C45H27N5O/c1-2-14-28(15-3-1)29-20-12-26-39-41(29)42-34(21-13-27-40(42)51-39)43-46-44(49-35-22-8-4-16-30(35)31-17-5-9-23-36(31)49)48-45(47-43)50-37-24-10-6-18-32(37)33-19-7-11-25-38(33)50/h1-27H/i4D,5D,6D,7D,8D,9D,10D,11D,16D,17D,18D,19D,22D,23D,24D,25D. The van der Waals surface area contributed by atoms with Crippen LogP contribution in [-0.2, 0) is 0 Å². The van der Waals surface area contributed by atoms with Gasteiger partial charge in [-0.25, -0.2) is 0 Å². The smallest absolute Gasteiger partial charge is 0.240 e. The zero-order valence-corrected chi connectivity index (χ0v) is 26.0. The number of nitrogens with zero attached hydrogens (tertiary/aromatic N) is 5. The van der Waals surface area contributed by atoms with Gasteiger partial charge in [-0.2, -0.15) is 15.0 Å². The summed E-state index contributed by atoms with van der Waals surface area (Å²) < 4.78 is 151. The van der Waals surface area contributed by atoms with E-state index in [0.717, 1.165) is 20.3 Å². The third kappa shape index (κ3) is 4.07. The number of para-hydroxylation sites is 4. The highest BCUT2D eigenvalue weighted by atomic mass is 16.3. The van der Waals surface area contributed by atoms with Crippen molar-refractivity contribution in [1.82, 2.24) is 24.1 Å². The molecule has 11 aromatic rings. The normalized spacial score (nSPS) is 16.3. The summed E-state index contributed by atoms with van der Waals surface area (Å²) in [6.07, 6.45) is 0. The molecule has 11 rings (SSSR count). The number of rotatable bonds is 4. The molecule has 6 heteroatoms. The van der Waals surface area contributed by atoms with E-state index in [9.17, 15) is 5.48 Å². The second-order valence-corrected chi connectivity index (χ2v) is 11.6. The topological polar surface area (TPSA) is 61.7 Å². The molecule has 6 nitrogen and oxygen atoms in total. The van der Waals surface area contributed by atoms with E-state index in [4.69, 9.17) is 35.8 Å². The number of hydrogen-bond donors (Lipinski definition) is 0. The lowest BCUT2D eigenvalue weighted by molar-refractivity contribution is 0.669. The highest BCUT2D eigenvalue weighted by molar-refractivity contribution is 6.17. The molecule has 0 aliphatic rings. The van der Waals surface area contributed by atoms with Gasteiger partial charge in [0.2, 0.25) is 11.9 Å². The first-order valence-electron chi connectivity index (χ1n) is 23.7. The Bertz CT molecular complexity index is 3740. The molecule has 0 aliphatic carbocycles. The predicted octanol–water partition coefficient (Wildman–Crippen LogP) is 11.3. The van der Waals surface area contributed by atoms with Gasteiger partial charge < -0.3 is 4.42 Å². The highest BCUT2D eigenvalue weighted by Crippen LogP contribution is 2.41. The van der Waals surface area contributed by atoms with E-state index < -0.39 is 109 Å². The molecule has 0 fully saturated rings. The second-order valence-electron chi connectivity index (χ2n) is 11.6. The lowest BCUT2D eigenvalue weighted by Crippen LogP contribution is -2.10. The van der Waals surface area contributed by atoms with Crippen molar-refractivity contribution in [3.05, 3.63) is 163 Å². The molecule has 4 heterocycles. The quantitative estimate of drug-likeness (QED) is 0.187. The van der Waals surface area contributed by atoms with Crippen molar-refractivity contribution in [3.8, 4) is 34.4 Å². The lowest BCUT2D eigenvalue weighted by Gasteiger charge is -2.13. The van der Waals surface area contributed by atoms with Crippen LogP contribution in [0.4, 0.5) is 0 Å². The minimum atomic E-state index is -0.705. The minimum Gasteiger partial charge on any atom is -0.456 e. The van der Waals surface area contributed by atoms with E-state index in [1.165, 1.54) is 0 Å². The van der Waals surface area contributed by atoms with Gasteiger partial charge in [-0.15, -0.1) is 0 Å². The summed E-state index contributed by atoms with van der Waals surface area (Å²) in [6, 6.07) is 9.51. The van der Waals surface area contributed by atoms with Gasteiger partial charge in [0.05, 0.1) is 44.0 Å². The van der Waals surface area contributed by atoms with Gasteiger partial charge in [0.15, 0.2) is 5.82 Å². The van der Waals surface area contributed by atoms with Crippen LogP contribution in [0.25, 0.3) is 100.0 Å². The van der Waals surface area contributed by atoms with Crippen LogP contribution in [0, 0.1) is 0 Å². The average molecular weight is 670 g/mol. The highest BCUT2D eigenvalue weighted by Gasteiger charge is 2.23. The number of furan rings is 1. The van der Waals surface area contributed by atoms with Crippen molar-refractivity contribution in [2.75, 3.05) is 0 Å². The van der Waals surface area contributed by atoms with Crippen molar-refractivity contribution >= 4 is 65.6 Å². The van der Waals surface area contributed by atoms with Gasteiger partial charge in [-0.1, -0.05) is 127 Å². The molecular weight excluding hydrogens is 627 g/mol. The predicted molar refractivity (Wildman–Crippen MR) is 207 cm³/mol. The monoisotopic (exact) mass is 669 g/mol. The zero-order valence-electron chi connectivity index (χ0n) is 42.0.